The molecule has 0 unspecified atom stereocenters. The molecular formula is C41H49F2N7O4S. The van der Waals surface area contributed by atoms with Gasteiger partial charge in [-0.25, -0.2) is 13.8 Å². The summed E-state index contributed by atoms with van der Waals surface area (Å²) in [6.45, 7) is 10.8. The summed E-state index contributed by atoms with van der Waals surface area (Å²) >= 11 is 1.57. The monoisotopic (exact) mass is 773 g/mol. The minimum Gasteiger partial charge on any atom is -0.391 e. The van der Waals surface area contributed by atoms with Gasteiger partial charge < -0.3 is 26.0 Å². The molecule has 0 spiro atoms. The van der Waals surface area contributed by atoms with Crippen LogP contribution in [-0.4, -0.2) is 74.6 Å². The van der Waals surface area contributed by atoms with E-state index in [1.807, 2.05) is 69.3 Å². The van der Waals surface area contributed by atoms with Crippen LogP contribution in [0.5, 0.6) is 0 Å². The number of carbonyl (C=O) groups excluding carboxylic acids is 3. The molecule has 0 saturated carbocycles. The molecule has 4 heterocycles. The van der Waals surface area contributed by atoms with Crippen LogP contribution in [0, 0.1) is 35.8 Å². The molecule has 4 aromatic rings. The van der Waals surface area contributed by atoms with Gasteiger partial charge in [0.2, 0.25) is 11.8 Å². The Morgan fingerprint density at radius 2 is 1.76 bits per heavy atom. The average Bonchev–Trinajstić information content (AvgIpc) is 3.76. The summed E-state index contributed by atoms with van der Waals surface area (Å²) in [4.78, 5) is 50.4. The first-order chi connectivity index (χ1) is 26.1. The molecule has 4 N–H and O–H groups in total. The molecule has 6 rings (SSSR count). The maximum atomic E-state index is 14.5. The lowest BCUT2D eigenvalue weighted by Gasteiger charge is -2.36. The van der Waals surface area contributed by atoms with E-state index in [0.717, 1.165) is 39.9 Å². The number of aliphatic hydroxyl groups is 1. The largest absolute Gasteiger partial charge is 0.391 e. The molecule has 0 radical (unpaired) electrons. The van der Waals surface area contributed by atoms with Crippen LogP contribution >= 0.6 is 11.3 Å². The molecule has 2 aromatic heterocycles. The molecule has 2 saturated heterocycles. The van der Waals surface area contributed by atoms with Gasteiger partial charge in [0.25, 0.3) is 0 Å². The topological polar surface area (TPSA) is 155 Å². The lowest BCUT2D eigenvalue weighted by molar-refractivity contribution is -0.146. The Balaban J connectivity index is 1.06. The van der Waals surface area contributed by atoms with Crippen LogP contribution in [0.25, 0.3) is 21.7 Å². The zero-order chi connectivity index (χ0) is 39.6. The molecular weight excluding hydrogens is 725 g/mol. The molecule has 4 atom stereocenters. The van der Waals surface area contributed by atoms with Crippen molar-refractivity contribution in [3.05, 3.63) is 76.9 Å². The lowest BCUT2D eigenvalue weighted by atomic mass is 9.75. The van der Waals surface area contributed by atoms with Crippen LogP contribution in [0.2, 0.25) is 0 Å². The smallest absolute Gasteiger partial charge is 0.243 e. The number of likely N-dealkylation sites (tertiary alicyclic amines) is 1. The van der Waals surface area contributed by atoms with Gasteiger partial charge in [0.15, 0.2) is 5.82 Å². The molecule has 0 aliphatic carbocycles. The molecule has 2 amide bonds. The van der Waals surface area contributed by atoms with Crippen LogP contribution < -0.4 is 16.0 Å². The number of rotatable bonds is 11. The number of aliphatic hydroxyl groups excluding tert-OH is 1. The molecule has 2 aromatic carbocycles. The maximum absolute atomic E-state index is 14.5. The normalized spacial score (nSPS) is 19.0. The van der Waals surface area contributed by atoms with Crippen LogP contribution in [0.3, 0.4) is 0 Å². The third-order valence-electron chi connectivity index (χ3n) is 10.9. The number of carbonyl (C=O) groups is 3. The maximum Gasteiger partial charge on any atom is 0.243 e. The van der Waals surface area contributed by atoms with Crippen molar-refractivity contribution in [3.8, 4) is 21.7 Å². The highest BCUT2D eigenvalue weighted by Gasteiger charge is 2.45. The van der Waals surface area contributed by atoms with Gasteiger partial charge in [0.05, 0.1) is 39.6 Å². The van der Waals surface area contributed by atoms with E-state index in [-0.39, 0.29) is 66.0 Å². The molecule has 2 aliphatic heterocycles. The molecule has 2 aliphatic rings. The molecule has 14 heteroatoms. The summed E-state index contributed by atoms with van der Waals surface area (Å²) in [5.41, 5.74) is 11.0. The first-order valence-electron chi connectivity index (χ1n) is 18.7. The van der Waals surface area contributed by atoms with Crippen molar-refractivity contribution < 1.29 is 28.3 Å². The molecule has 2 fully saturated rings. The van der Waals surface area contributed by atoms with E-state index in [1.54, 1.807) is 17.4 Å². The summed E-state index contributed by atoms with van der Waals surface area (Å²) < 4.78 is 28.3. The summed E-state index contributed by atoms with van der Waals surface area (Å²) in [5, 5.41) is 21.7. The number of β-amino-alcohol motifs (C(OH)–C–C–N with tert-alkyl or cyclic N) is 1. The standard InChI is InChI=1S/C41H49F2N7O4S/c1-23(26-6-8-27(9-7-26)37-24(2)45-22-55-37)46-39(53)36-19-30(52)21-50(36)40(54)32(41(3,4)5)18-29(51)16-25-12-14-49(15-13-25)35-20-34(47-48-38(35)44)31-17-28(42)10-11-33(31)43/h6-11,17,20,22-23,25,30,32,36,52H,12-16,18-19,21H2,1-5H3,(H2,44,48)(H,46,53)/t23-,30+,32+,36-/m0/s1. The highest BCUT2D eigenvalue weighted by molar-refractivity contribution is 7.13. The van der Waals surface area contributed by atoms with Crippen LogP contribution in [-0.2, 0) is 14.4 Å². The Morgan fingerprint density at radius 1 is 1.05 bits per heavy atom. The van der Waals surface area contributed by atoms with E-state index in [1.165, 1.54) is 4.90 Å². The van der Waals surface area contributed by atoms with Crippen LogP contribution in [0.15, 0.2) is 54.0 Å². The number of piperidine rings is 1. The number of nitrogens with two attached hydrogens (primary N) is 1. The van der Waals surface area contributed by atoms with Crippen molar-refractivity contribution in [2.45, 2.75) is 84.9 Å². The van der Waals surface area contributed by atoms with E-state index in [2.05, 4.69) is 20.5 Å². The third-order valence-corrected chi connectivity index (χ3v) is 11.9. The van der Waals surface area contributed by atoms with Crippen molar-refractivity contribution in [1.82, 2.24) is 25.4 Å². The number of anilines is 2. The Kier molecular flexibility index (Phi) is 12.0. The Labute approximate surface area is 324 Å². The van der Waals surface area contributed by atoms with Crippen molar-refractivity contribution in [2.75, 3.05) is 30.3 Å². The van der Waals surface area contributed by atoms with Crippen molar-refractivity contribution in [2.24, 2.45) is 17.3 Å². The number of benzene rings is 2. The number of halogens is 2. The first-order valence-corrected chi connectivity index (χ1v) is 19.6. The fourth-order valence-corrected chi connectivity index (χ4v) is 8.46. The van der Waals surface area contributed by atoms with Crippen LogP contribution in [0.4, 0.5) is 20.3 Å². The van der Waals surface area contributed by atoms with E-state index < -0.39 is 35.1 Å². The SMILES string of the molecule is Cc1ncsc1-c1ccc([C@H](C)NC(=O)[C@@H]2C[C@@H](O)CN2C(=O)[C@@H](CC(=O)CC2CCN(c3cc(-c4cc(F)ccc4F)nnc3N)CC2)C(C)(C)C)cc1. The summed E-state index contributed by atoms with van der Waals surface area (Å²) in [6, 6.07) is 11.5. The fraction of sp³-hybridized carbons (Fsp3) is 0.463. The molecule has 11 nitrogen and oxygen atoms in total. The number of aromatic nitrogens is 3. The Morgan fingerprint density at radius 3 is 2.42 bits per heavy atom. The number of aryl methyl sites for hydroxylation is 1. The first kappa shape index (κ1) is 39.9. The minimum atomic E-state index is -0.860. The zero-order valence-electron chi connectivity index (χ0n) is 31.9. The number of nitrogens with one attached hydrogen (secondary N) is 1. The van der Waals surface area contributed by atoms with Gasteiger partial charge in [-0.2, -0.15) is 0 Å². The second-order valence-corrected chi connectivity index (χ2v) is 16.8. The highest BCUT2D eigenvalue weighted by Crippen LogP contribution is 2.36. The van der Waals surface area contributed by atoms with Crippen molar-refractivity contribution in [1.29, 1.82) is 0 Å². The van der Waals surface area contributed by atoms with Gasteiger partial charge in [-0.1, -0.05) is 45.0 Å². The van der Waals surface area contributed by atoms with Gasteiger partial charge in [-0.15, -0.1) is 21.5 Å². The quantitative estimate of drug-likeness (QED) is 0.155. The van der Waals surface area contributed by atoms with Gasteiger partial charge in [-0.05, 0) is 73.4 Å². The van der Waals surface area contributed by atoms with E-state index >= 15 is 0 Å². The second kappa shape index (κ2) is 16.5. The predicted octanol–water partition coefficient (Wildman–Crippen LogP) is 6.50. The number of thiazole rings is 1. The van der Waals surface area contributed by atoms with Gasteiger partial charge >= 0.3 is 0 Å². The summed E-state index contributed by atoms with van der Waals surface area (Å²) in [6.07, 6.45) is 0.938. The fourth-order valence-electron chi connectivity index (χ4n) is 7.65. The van der Waals surface area contributed by atoms with Crippen molar-refractivity contribution >= 4 is 40.4 Å². The number of nitrogen functional groups attached to an aromatic ring is 1. The average molecular weight is 774 g/mol. The highest BCUT2D eigenvalue weighted by atomic mass is 32.1. The van der Waals surface area contributed by atoms with E-state index in [4.69, 9.17) is 5.73 Å². The summed E-state index contributed by atoms with van der Waals surface area (Å²) in [5.74, 6) is -2.34. The lowest BCUT2D eigenvalue weighted by Crippen LogP contribution is -2.50. The third kappa shape index (κ3) is 9.18. The number of nitrogens with zero attached hydrogens (tertiary/aromatic N) is 5. The number of ketones is 1. The summed E-state index contributed by atoms with van der Waals surface area (Å²) in [7, 11) is 0. The molecule has 55 heavy (non-hydrogen) atoms. The number of amides is 2. The van der Waals surface area contributed by atoms with Crippen LogP contribution in [0.1, 0.15) is 77.1 Å². The Hall–Kier alpha value is -4.82. The molecule has 0 bridgehead atoms. The molecule has 292 valence electrons. The Bertz CT molecular complexity index is 2030. The number of hydrogen-bond donors (Lipinski definition) is 3. The van der Waals surface area contributed by atoms with Crippen molar-refractivity contribution in [3.63, 3.8) is 0 Å². The second-order valence-electron chi connectivity index (χ2n) is 15.9. The van der Waals surface area contributed by atoms with Gasteiger partial charge in [0, 0.05) is 50.4 Å². The number of hydrogen-bond acceptors (Lipinski definition) is 10. The van der Waals surface area contributed by atoms with E-state index in [9.17, 15) is 28.3 Å². The van der Waals surface area contributed by atoms with Gasteiger partial charge in [-0.3, -0.25) is 14.4 Å². The van der Waals surface area contributed by atoms with E-state index in [0.29, 0.717) is 38.0 Å². The zero-order valence-corrected chi connectivity index (χ0v) is 32.7. The predicted molar refractivity (Wildman–Crippen MR) is 209 cm³/mol. The number of Topliss-reactive ketones (excluding diaryl/α,β-unsaturated/α-hetero) is 1. The van der Waals surface area contributed by atoms with Gasteiger partial charge in [0.1, 0.15) is 23.5 Å². The minimum absolute atomic E-state index is 0.00806.